The van der Waals surface area contributed by atoms with Gasteiger partial charge in [-0.1, -0.05) is 32.9 Å². The number of likely N-dealkylation sites (tertiary alicyclic amines) is 1. The van der Waals surface area contributed by atoms with E-state index in [1.165, 1.54) is 15.8 Å². The van der Waals surface area contributed by atoms with E-state index in [0.29, 0.717) is 19.4 Å². The summed E-state index contributed by atoms with van der Waals surface area (Å²) < 4.78 is 17.7. The molecule has 1 saturated carbocycles. The first kappa shape index (κ1) is 36.8. The SMILES string of the molecule is C=CCCOc1cnn([C@@H]2C[C@@H](C(=O)N[C@@]3(C(=O)OCC)C[C@H]3C=C)N(C(=O)[C@@H](NC(=O)OC(C)(C)C)C(C)(C)C)C2)c(=O)c1Br. The van der Waals surface area contributed by atoms with Crippen LogP contribution >= 0.6 is 15.9 Å². The van der Waals surface area contributed by atoms with Gasteiger partial charge in [-0.2, -0.15) is 5.10 Å². The summed E-state index contributed by atoms with van der Waals surface area (Å²) >= 11 is 3.31. The van der Waals surface area contributed by atoms with Crippen molar-refractivity contribution in [2.24, 2.45) is 11.3 Å². The molecule has 2 fully saturated rings. The van der Waals surface area contributed by atoms with Gasteiger partial charge in [-0.05, 0) is 61.9 Å². The Morgan fingerprint density at radius 3 is 2.41 bits per heavy atom. The summed E-state index contributed by atoms with van der Waals surface area (Å²) in [5.74, 6) is -1.85. The molecule has 1 aliphatic carbocycles. The first-order chi connectivity index (χ1) is 21.4. The number of nitrogens with one attached hydrogen (secondary N) is 2. The predicted molar refractivity (Wildman–Crippen MR) is 174 cm³/mol. The van der Waals surface area contributed by atoms with E-state index in [-0.39, 0.29) is 35.7 Å². The molecule has 3 amide bonds. The zero-order chi connectivity index (χ0) is 34.6. The molecule has 2 heterocycles. The minimum Gasteiger partial charge on any atom is -0.490 e. The number of rotatable bonds is 12. The molecule has 46 heavy (non-hydrogen) atoms. The summed E-state index contributed by atoms with van der Waals surface area (Å²) in [7, 11) is 0. The average molecular weight is 709 g/mol. The highest BCUT2D eigenvalue weighted by molar-refractivity contribution is 9.10. The van der Waals surface area contributed by atoms with Gasteiger partial charge in [0.25, 0.3) is 5.56 Å². The Labute approximate surface area is 278 Å². The number of ether oxygens (including phenoxy) is 3. The molecule has 1 aliphatic heterocycles. The van der Waals surface area contributed by atoms with Gasteiger partial charge in [-0.3, -0.25) is 14.4 Å². The Balaban J connectivity index is 2.00. The van der Waals surface area contributed by atoms with Crippen LogP contribution in [-0.4, -0.2) is 81.5 Å². The molecule has 2 aliphatic rings. The summed E-state index contributed by atoms with van der Waals surface area (Å²) in [6.07, 6.45) is 4.75. The summed E-state index contributed by atoms with van der Waals surface area (Å²) in [6.45, 7) is 19.9. The van der Waals surface area contributed by atoms with Gasteiger partial charge in [0.1, 0.15) is 27.7 Å². The molecule has 0 spiro atoms. The normalized spacial score (nSPS) is 23.1. The second-order valence-electron chi connectivity index (χ2n) is 13.6. The van der Waals surface area contributed by atoms with Gasteiger partial charge in [-0.25, -0.2) is 14.3 Å². The first-order valence-corrected chi connectivity index (χ1v) is 16.1. The number of alkyl carbamates (subject to hydrolysis) is 1. The molecule has 3 rings (SSSR count). The van der Waals surface area contributed by atoms with Crippen molar-refractivity contribution in [3.8, 4) is 5.75 Å². The van der Waals surface area contributed by atoms with Gasteiger partial charge in [0.2, 0.25) is 11.8 Å². The molecule has 1 aromatic heterocycles. The highest BCUT2D eigenvalue weighted by Gasteiger charge is 2.62. The molecule has 1 saturated heterocycles. The zero-order valence-corrected chi connectivity index (χ0v) is 29.3. The lowest BCUT2D eigenvalue weighted by molar-refractivity contribution is -0.150. The summed E-state index contributed by atoms with van der Waals surface area (Å²) in [5, 5.41) is 9.82. The van der Waals surface area contributed by atoms with E-state index in [4.69, 9.17) is 14.2 Å². The molecular formula is C32H46BrN5O8. The molecule has 1 aromatic rings. The molecule has 2 N–H and O–H groups in total. The number of carbonyl (C=O) groups excluding carboxylic acids is 4. The van der Waals surface area contributed by atoms with Crippen molar-refractivity contribution in [1.29, 1.82) is 0 Å². The Hall–Kier alpha value is -3.68. The Morgan fingerprint density at radius 1 is 1.20 bits per heavy atom. The second-order valence-corrected chi connectivity index (χ2v) is 14.4. The summed E-state index contributed by atoms with van der Waals surface area (Å²) in [6, 6.07) is -2.94. The van der Waals surface area contributed by atoms with Crippen LogP contribution in [0.1, 0.15) is 73.8 Å². The molecule has 0 bridgehead atoms. The Kier molecular flexibility index (Phi) is 11.5. The number of hydrogen-bond donors (Lipinski definition) is 2. The standard InChI is InChI=1S/C32H46BrN5O8/c1-10-13-14-45-22-17-34-38(26(40)23(22)33)20-15-21(25(39)36-32(16-19(32)11-2)28(42)44-12-3)37(18-20)27(41)24(30(4,5)6)35-29(43)46-31(7,8)9/h10-11,17,19-21,24H,1-2,12-16,18H2,3-9H3,(H,35,43)(H,36,39)/t19-,20-,21+,24-,32+/m1/s1. The number of halogens is 1. The van der Waals surface area contributed by atoms with Crippen LogP contribution < -0.4 is 20.9 Å². The lowest BCUT2D eigenvalue weighted by Crippen LogP contribution is -2.59. The maximum Gasteiger partial charge on any atom is 0.408 e. The largest absolute Gasteiger partial charge is 0.490 e. The highest BCUT2D eigenvalue weighted by atomic mass is 79.9. The maximum absolute atomic E-state index is 14.3. The van der Waals surface area contributed by atoms with E-state index in [1.54, 1.807) is 60.6 Å². The van der Waals surface area contributed by atoms with Crippen LogP contribution in [0.5, 0.6) is 5.75 Å². The quantitative estimate of drug-likeness (QED) is 0.188. The third-order valence-electron chi connectivity index (χ3n) is 7.76. The van der Waals surface area contributed by atoms with Crippen LogP contribution in [-0.2, 0) is 23.9 Å². The number of carbonyl (C=O) groups is 4. The van der Waals surface area contributed by atoms with Crippen molar-refractivity contribution in [2.75, 3.05) is 19.8 Å². The number of aromatic nitrogens is 2. The number of amides is 3. The van der Waals surface area contributed by atoms with Gasteiger partial charge >= 0.3 is 12.1 Å². The van der Waals surface area contributed by atoms with Gasteiger partial charge in [0, 0.05) is 18.9 Å². The van der Waals surface area contributed by atoms with Gasteiger partial charge < -0.3 is 29.7 Å². The minimum atomic E-state index is -1.30. The molecule has 14 heteroatoms. The minimum absolute atomic E-state index is 0.00848. The molecule has 0 radical (unpaired) electrons. The van der Waals surface area contributed by atoms with Crippen LogP contribution in [0.3, 0.4) is 0 Å². The van der Waals surface area contributed by atoms with Crippen molar-refractivity contribution >= 4 is 39.8 Å². The van der Waals surface area contributed by atoms with E-state index in [2.05, 4.69) is 44.8 Å². The fourth-order valence-electron chi connectivity index (χ4n) is 5.33. The third-order valence-corrected chi connectivity index (χ3v) is 8.49. The topological polar surface area (TPSA) is 158 Å². The van der Waals surface area contributed by atoms with Crippen LogP contribution in [0.4, 0.5) is 4.79 Å². The van der Waals surface area contributed by atoms with E-state index in [0.717, 1.165) is 0 Å². The van der Waals surface area contributed by atoms with Crippen molar-refractivity contribution in [1.82, 2.24) is 25.3 Å². The number of esters is 1. The second kappa shape index (κ2) is 14.4. The monoisotopic (exact) mass is 707 g/mol. The van der Waals surface area contributed by atoms with Crippen LogP contribution in [0.2, 0.25) is 0 Å². The maximum atomic E-state index is 14.3. The Bertz CT molecular complexity index is 1410. The van der Waals surface area contributed by atoms with Gasteiger partial charge in [-0.15, -0.1) is 13.2 Å². The van der Waals surface area contributed by atoms with Crippen molar-refractivity contribution in [3.63, 3.8) is 0 Å². The molecule has 0 unspecified atom stereocenters. The van der Waals surface area contributed by atoms with Crippen molar-refractivity contribution in [3.05, 3.63) is 46.3 Å². The lowest BCUT2D eigenvalue weighted by atomic mass is 9.85. The lowest BCUT2D eigenvalue weighted by Gasteiger charge is -2.36. The number of hydrogen-bond acceptors (Lipinski definition) is 9. The Morgan fingerprint density at radius 2 is 1.87 bits per heavy atom. The fraction of sp³-hybridized carbons (Fsp3) is 0.625. The van der Waals surface area contributed by atoms with E-state index in [1.807, 2.05) is 0 Å². The predicted octanol–water partition coefficient (Wildman–Crippen LogP) is 3.67. The molecule has 5 atom stereocenters. The van der Waals surface area contributed by atoms with Gasteiger partial charge in [0.15, 0.2) is 5.75 Å². The number of nitrogens with zero attached hydrogens (tertiary/aromatic N) is 3. The van der Waals surface area contributed by atoms with Crippen LogP contribution in [0, 0.1) is 11.3 Å². The first-order valence-electron chi connectivity index (χ1n) is 15.3. The van der Waals surface area contributed by atoms with Crippen molar-refractivity contribution < 1.29 is 33.4 Å². The van der Waals surface area contributed by atoms with Crippen LogP contribution in [0.15, 0.2) is 40.8 Å². The summed E-state index contributed by atoms with van der Waals surface area (Å²) in [4.78, 5) is 68.8. The van der Waals surface area contributed by atoms with E-state index in [9.17, 15) is 24.0 Å². The highest BCUT2D eigenvalue weighted by Crippen LogP contribution is 2.46. The zero-order valence-electron chi connectivity index (χ0n) is 27.7. The third kappa shape index (κ3) is 8.37. The van der Waals surface area contributed by atoms with E-state index >= 15 is 0 Å². The fourth-order valence-corrected chi connectivity index (χ4v) is 5.73. The molecule has 13 nitrogen and oxygen atoms in total. The van der Waals surface area contributed by atoms with Gasteiger partial charge in [0.05, 0.1) is 25.5 Å². The van der Waals surface area contributed by atoms with Crippen LogP contribution in [0.25, 0.3) is 0 Å². The smallest absolute Gasteiger partial charge is 0.408 e. The van der Waals surface area contributed by atoms with E-state index < -0.39 is 64.1 Å². The molecular weight excluding hydrogens is 662 g/mol. The molecule has 254 valence electrons. The molecule has 0 aromatic carbocycles. The summed E-state index contributed by atoms with van der Waals surface area (Å²) in [5.41, 5.74) is -3.42. The van der Waals surface area contributed by atoms with Crippen molar-refractivity contribution in [2.45, 2.75) is 97.0 Å². The average Bonchev–Trinajstić information content (AvgIpc) is 3.49.